The molecule has 0 aliphatic rings. The maximum atomic E-state index is 11.3. The van der Waals surface area contributed by atoms with Crippen molar-refractivity contribution in [2.45, 2.75) is 76.6 Å². The van der Waals surface area contributed by atoms with Gasteiger partial charge in [0.25, 0.3) is 0 Å². The van der Waals surface area contributed by atoms with Gasteiger partial charge in [0.05, 0.1) is 6.61 Å². The third-order valence-electron chi connectivity index (χ3n) is 3.22. The molecule has 0 heterocycles. The number of aliphatic hydroxyl groups is 1. The molecule has 0 amide bonds. The number of ether oxygens (including phenoxy) is 1. The summed E-state index contributed by atoms with van der Waals surface area (Å²) in [4.78, 5) is 11.3. The molecule has 1 N–H and O–H groups in total. The first-order chi connectivity index (χ1) is 9.91. The molecule has 6 nitrogen and oxygen atoms in total. The number of unbranched alkanes of at least 4 members (excludes halogenated alkanes) is 8. The molecule has 1 atom stereocenters. The van der Waals surface area contributed by atoms with Crippen LogP contribution in [0.4, 0.5) is 0 Å². The Morgan fingerprint density at radius 2 is 1.50 bits per heavy atom. The Morgan fingerprint density at radius 3 is 1.91 bits per heavy atom. The van der Waals surface area contributed by atoms with Crippen molar-refractivity contribution in [3.05, 3.63) is 0 Å². The molecule has 0 fully saturated rings. The van der Waals surface area contributed by atoms with Gasteiger partial charge in [-0.05, 0) is 6.42 Å². The van der Waals surface area contributed by atoms with Crippen LogP contribution >= 0.6 is 0 Å². The fourth-order valence-corrected chi connectivity index (χ4v) is 2.38. The van der Waals surface area contributed by atoms with Gasteiger partial charge in [0.1, 0.15) is 10.1 Å². The Hall–Kier alpha value is 0.976. The summed E-state index contributed by atoms with van der Waals surface area (Å²) in [5, 5.41) is 8.68. The van der Waals surface area contributed by atoms with E-state index in [2.05, 4.69) is 11.7 Å². The Labute approximate surface area is 176 Å². The molecule has 0 bridgehead atoms. The van der Waals surface area contributed by atoms with Crippen LogP contribution in [0.3, 0.4) is 0 Å². The van der Waals surface area contributed by atoms with Crippen LogP contribution < -0.4 is 51.4 Å². The molecular formula is C14H27KO6S. The maximum absolute atomic E-state index is 11.3. The molecule has 126 valence electrons. The second kappa shape index (κ2) is 15.5. The van der Waals surface area contributed by atoms with E-state index in [1.165, 1.54) is 32.1 Å². The summed E-state index contributed by atoms with van der Waals surface area (Å²) in [5.74, 6) is -0.753. The van der Waals surface area contributed by atoms with Gasteiger partial charge in [-0.15, -0.1) is 0 Å². The number of esters is 1. The summed E-state index contributed by atoms with van der Waals surface area (Å²) >= 11 is 0. The number of carbonyl (C=O) groups is 1. The van der Waals surface area contributed by atoms with Crippen molar-refractivity contribution in [2.75, 3.05) is 6.61 Å². The Kier molecular flexibility index (Phi) is 17.8. The average molecular weight is 363 g/mol. The summed E-state index contributed by atoms with van der Waals surface area (Å²) in [6.45, 7) is 1.17. The quantitative estimate of drug-likeness (QED) is 0.201. The molecule has 0 aromatic rings. The van der Waals surface area contributed by atoms with Crippen molar-refractivity contribution in [1.82, 2.24) is 0 Å². The van der Waals surface area contributed by atoms with Crippen LogP contribution in [0.25, 0.3) is 0 Å². The van der Waals surface area contributed by atoms with Gasteiger partial charge >= 0.3 is 57.4 Å². The number of aliphatic hydroxyl groups excluding tert-OH is 1. The Morgan fingerprint density at radius 1 is 1.05 bits per heavy atom. The predicted octanol–water partition coefficient (Wildman–Crippen LogP) is -0.682. The second-order valence-electron chi connectivity index (χ2n) is 5.17. The van der Waals surface area contributed by atoms with Crippen molar-refractivity contribution >= 4 is 16.1 Å². The van der Waals surface area contributed by atoms with E-state index in [0.717, 1.165) is 19.3 Å². The summed E-state index contributed by atoms with van der Waals surface area (Å²) in [5.41, 5.74) is -1.98. The molecule has 22 heavy (non-hydrogen) atoms. The number of carbonyl (C=O) groups excluding carboxylic acids is 1. The van der Waals surface area contributed by atoms with E-state index in [1.54, 1.807) is 0 Å². The number of hydrogen-bond donors (Lipinski definition) is 1. The standard InChI is InChI=1S/C14H28O6S.K/c1-2-3-4-5-6-7-8-9-10-11-13(16)20-14(12-15)21(17,18)19;/h14-15H,2-12H2,1H3,(H,17,18,19);/q;+1/p-1. The average Bonchev–Trinajstić information content (AvgIpc) is 2.41. The van der Waals surface area contributed by atoms with Crippen molar-refractivity contribution < 1.29 is 79.0 Å². The molecule has 0 aliphatic heterocycles. The maximum Gasteiger partial charge on any atom is 1.00 e. The third kappa shape index (κ3) is 14.6. The fraction of sp³-hybridized carbons (Fsp3) is 0.929. The number of hydrogen-bond acceptors (Lipinski definition) is 6. The van der Waals surface area contributed by atoms with Gasteiger partial charge in [0.15, 0.2) is 0 Å². The van der Waals surface area contributed by atoms with Crippen molar-refractivity contribution in [1.29, 1.82) is 0 Å². The summed E-state index contributed by atoms with van der Waals surface area (Å²) in [6, 6.07) is 0. The van der Waals surface area contributed by atoms with Crippen molar-refractivity contribution in [3.63, 3.8) is 0 Å². The van der Waals surface area contributed by atoms with Gasteiger partial charge in [-0.2, -0.15) is 0 Å². The molecule has 0 aromatic carbocycles. The van der Waals surface area contributed by atoms with Crippen molar-refractivity contribution in [2.24, 2.45) is 0 Å². The first-order valence-corrected chi connectivity index (χ1v) is 9.14. The van der Waals surface area contributed by atoms with Crippen LogP contribution in [0.2, 0.25) is 0 Å². The van der Waals surface area contributed by atoms with Crippen LogP contribution in [-0.2, 0) is 19.6 Å². The summed E-state index contributed by atoms with van der Waals surface area (Å²) in [7, 11) is -4.80. The van der Waals surface area contributed by atoms with Crippen LogP contribution in [-0.4, -0.2) is 36.1 Å². The minimum absolute atomic E-state index is 0. The fourth-order valence-electron chi connectivity index (χ4n) is 1.97. The SMILES string of the molecule is CCCCCCCCCCCC(=O)OC(CO)S(=O)(=O)[O-].[K+]. The zero-order valence-electron chi connectivity index (χ0n) is 13.8. The largest absolute Gasteiger partial charge is 1.00 e. The van der Waals surface area contributed by atoms with E-state index in [-0.39, 0.29) is 57.8 Å². The minimum atomic E-state index is -4.80. The van der Waals surface area contributed by atoms with Gasteiger partial charge in [-0.3, -0.25) is 4.79 Å². The van der Waals surface area contributed by atoms with E-state index in [9.17, 15) is 17.8 Å². The normalized spacial score (nSPS) is 12.5. The molecule has 0 saturated carbocycles. The van der Waals surface area contributed by atoms with Crippen LogP contribution in [0.5, 0.6) is 0 Å². The van der Waals surface area contributed by atoms with Crippen LogP contribution in [0.15, 0.2) is 0 Å². The monoisotopic (exact) mass is 362 g/mol. The van der Waals surface area contributed by atoms with Gasteiger partial charge < -0.3 is 14.4 Å². The van der Waals surface area contributed by atoms with E-state index >= 15 is 0 Å². The summed E-state index contributed by atoms with van der Waals surface area (Å²) < 4.78 is 36.3. The molecule has 8 heteroatoms. The molecule has 1 unspecified atom stereocenters. The smallest absolute Gasteiger partial charge is 0.745 e. The van der Waals surface area contributed by atoms with E-state index in [0.29, 0.717) is 6.42 Å². The molecule has 0 aromatic heterocycles. The van der Waals surface area contributed by atoms with Gasteiger partial charge in [0.2, 0.25) is 5.44 Å². The summed E-state index contributed by atoms with van der Waals surface area (Å²) in [6.07, 6.45) is 9.94. The molecule has 0 rings (SSSR count). The first-order valence-electron chi connectivity index (χ1n) is 7.66. The van der Waals surface area contributed by atoms with Gasteiger partial charge in [-0.1, -0.05) is 58.3 Å². The topological polar surface area (TPSA) is 104 Å². The zero-order chi connectivity index (χ0) is 16.1. The van der Waals surface area contributed by atoms with Gasteiger partial charge in [0, 0.05) is 6.42 Å². The van der Waals surface area contributed by atoms with Crippen LogP contribution in [0.1, 0.15) is 71.1 Å². The second-order valence-corrected chi connectivity index (χ2v) is 6.68. The number of rotatable bonds is 13. The molecule has 0 saturated heterocycles. The first kappa shape index (κ1) is 25.2. The Balaban J connectivity index is 0. The van der Waals surface area contributed by atoms with Crippen LogP contribution in [0, 0.1) is 0 Å². The van der Waals surface area contributed by atoms with E-state index in [1.807, 2.05) is 0 Å². The molecule has 0 spiro atoms. The molecule has 0 aliphatic carbocycles. The minimum Gasteiger partial charge on any atom is -0.745 e. The third-order valence-corrected chi connectivity index (χ3v) is 4.11. The van der Waals surface area contributed by atoms with Crippen molar-refractivity contribution in [3.8, 4) is 0 Å². The molecule has 0 radical (unpaired) electrons. The van der Waals surface area contributed by atoms with E-state index in [4.69, 9.17) is 5.11 Å². The Bertz CT molecular complexity index is 372. The molecular weight excluding hydrogens is 335 g/mol. The van der Waals surface area contributed by atoms with E-state index < -0.39 is 28.1 Å². The van der Waals surface area contributed by atoms with Gasteiger partial charge in [-0.25, -0.2) is 8.42 Å². The predicted molar refractivity (Wildman–Crippen MR) is 78.5 cm³/mol. The zero-order valence-corrected chi connectivity index (χ0v) is 17.7.